The standard InChI is InChI=1S/C13H14FN.C9H11N3.C8H6N2O.C7H7N3.C7H9N.C7H10O.C5H7N.C5H6O/c1-10-7-8-15(9-10)11(2)12-3-5-13(14)6-4-12;1-6-4-5-8-9(7(6)2)11-12(3)10-8;1-5-2-3-6-7(4-5)10-8(11)9-6;1-5-2-3-6-7(4-5)9-10-8-6;1-6-3-2-4-7(8)5-6;1-5-4-6(2)8-7(5)3;2*1-5-2-3-6-4-5/h3-9,11H,1-2H3;4-5H,1-3H3;2-4H,1H3;2-4H,1H3,(H,8,9,10);2-5H,8H2,1H3;4H,1-3H3;2-4,6H,1H3;2-4H,1H3. The molecule has 0 bridgehead atoms. The first kappa shape index (κ1) is 57.9. The summed E-state index contributed by atoms with van der Waals surface area (Å²) in [6, 6.07) is 38.0. The lowest BCUT2D eigenvalue weighted by molar-refractivity contribution is 0.256. The van der Waals surface area contributed by atoms with Crippen LogP contribution in [0.3, 0.4) is 0 Å². The van der Waals surface area contributed by atoms with Gasteiger partial charge in [0.1, 0.15) is 39.4 Å². The third-order valence-electron chi connectivity index (χ3n) is 11.6. The molecule has 1 atom stereocenters. The Bertz CT molecular complexity index is 3570. The van der Waals surface area contributed by atoms with Crippen LogP contribution >= 0.6 is 0 Å². The SMILES string of the molecule is Cc1cc(C)c(C)o1.Cc1cc[nH]c1.Cc1ccc2c(c1)=NC(=O)N=2.Cc1ccc2n[nH]nc2c1.Cc1ccc2nn(C)nc2c1C.Cc1cccc(N)c1.Cc1ccn(C(C)c2ccc(F)cc2)c1.Cc1ccoc1. The molecular formula is C61H70FN11O3. The number of aromatic amines is 2. The Balaban J connectivity index is 0.000000163. The number of aromatic nitrogens is 8. The van der Waals surface area contributed by atoms with Crippen molar-refractivity contribution < 1.29 is 18.0 Å². The maximum Gasteiger partial charge on any atom is 0.368 e. The molecule has 14 nitrogen and oxygen atoms in total. The first-order chi connectivity index (χ1) is 36.2. The van der Waals surface area contributed by atoms with Crippen LogP contribution in [0, 0.1) is 82.0 Å². The zero-order valence-corrected chi connectivity index (χ0v) is 45.8. The van der Waals surface area contributed by atoms with Gasteiger partial charge in [-0.2, -0.15) is 40.4 Å². The van der Waals surface area contributed by atoms with Crippen molar-refractivity contribution in [3.63, 3.8) is 0 Å². The largest absolute Gasteiger partial charge is 0.472 e. The van der Waals surface area contributed by atoms with E-state index in [0.29, 0.717) is 10.7 Å². The minimum Gasteiger partial charge on any atom is -0.472 e. The number of urea groups is 1. The number of nitrogens with one attached hydrogen (secondary N) is 2. The Morgan fingerprint density at radius 3 is 1.86 bits per heavy atom. The molecule has 7 heterocycles. The van der Waals surface area contributed by atoms with Crippen LogP contribution in [-0.4, -0.2) is 46.0 Å². The average molecular weight is 1020 g/mol. The molecule has 5 aromatic carbocycles. The van der Waals surface area contributed by atoms with Crippen LogP contribution in [0.4, 0.5) is 14.9 Å². The number of halogens is 1. The quantitative estimate of drug-likeness (QED) is 0.143. The van der Waals surface area contributed by atoms with Crippen LogP contribution < -0.4 is 16.4 Å². The maximum atomic E-state index is 12.7. The molecule has 2 amide bonds. The van der Waals surface area contributed by atoms with Crippen molar-refractivity contribution in [2.75, 3.05) is 5.73 Å². The van der Waals surface area contributed by atoms with Gasteiger partial charge in [0.15, 0.2) is 0 Å². The fourth-order valence-corrected chi connectivity index (χ4v) is 7.16. The van der Waals surface area contributed by atoms with Crippen molar-refractivity contribution in [1.82, 2.24) is 40.0 Å². The maximum absolute atomic E-state index is 12.7. The zero-order chi connectivity index (χ0) is 55.3. The number of H-pyrrole nitrogens is 2. The molecular weight excluding hydrogens is 954 g/mol. The number of anilines is 1. The molecule has 0 saturated carbocycles. The number of carbonyl (C=O) groups is 1. The highest BCUT2D eigenvalue weighted by molar-refractivity contribution is 5.78. The molecule has 15 heteroatoms. The average Bonchev–Trinajstić information content (AvgIpc) is 4.27. The Hall–Kier alpha value is -8.98. The Kier molecular flexibility index (Phi) is 21.7. The van der Waals surface area contributed by atoms with Crippen LogP contribution in [0.1, 0.15) is 80.1 Å². The van der Waals surface area contributed by atoms with Gasteiger partial charge in [0.2, 0.25) is 0 Å². The van der Waals surface area contributed by atoms with Gasteiger partial charge in [0, 0.05) is 37.5 Å². The number of carbonyl (C=O) groups excluding carboxylic acids is 1. The molecule has 0 radical (unpaired) electrons. The van der Waals surface area contributed by atoms with Gasteiger partial charge >= 0.3 is 6.03 Å². The van der Waals surface area contributed by atoms with E-state index in [1.807, 2.05) is 165 Å². The van der Waals surface area contributed by atoms with E-state index in [0.717, 1.165) is 50.4 Å². The molecule has 4 N–H and O–H groups in total. The number of nitrogens with zero attached hydrogens (tertiary/aromatic N) is 8. The second-order valence-corrected chi connectivity index (χ2v) is 18.4. The van der Waals surface area contributed by atoms with E-state index < -0.39 is 6.03 Å². The Morgan fingerprint density at radius 2 is 1.32 bits per heavy atom. The van der Waals surface area contributed by atoms with E-state index in [1.165, 1.54) is 56.6 Å². The molecule has 11 aromatic rings. The fourth-order valence-electron chi connectivity index (χ4n) is 7.16. The van der Waals surface area contributed by atoms with Crippen LogP contribution in [0.2, 0.25) is 0 Å². The van der Waals surface area contributed by atoms with Gasteiger partial charge in [-0.25, -0.2) is 9.18 Å². The first-order valence-electron chi connectivity index (χ1n) is 24.7. The molecule has 0 spiro atoms. The molecule has 1 aliphatic rings. The summed E-state index contributed by atoms with van der Waals surface area (Å²) in [5, 5.41) is 20.3. The fraction of sp³-hybridized carbons (Fsp3) is 0.230. The van der Waals surface area contributed by atoms with Crippen molar-refractivity contribution >= 4 is 33.8 Å². The summed E-state index contributed by atoms with van der Waals surface area (Å²) in [7, 11) is 1.84. The molecule has 394 valence electrons. The number of furan rings is 2. The predicted octanol–water partition coefficient (Wildman–Crippen LogP) is 13.5. The summed E-state index contributed by atoms with van der Waals surface area (Å²) in [6.45, 7) is 24.4. The minimum atomic E-state index is -0.398. The molecule has 0 saturated heterocycles. The lowest BCUT2D eigenvalue weighted by Crippen LogP contribution is -2.20. The number of aryl methyl sites for hydroxylation is 12. The van der Waals surface area contributed by atoms with Crippen molar-refractivity contribution in [1.29, 1.82) is 0 Å². The topological polar surface area (TPSA) is 187 Å². The zero-order valence-electron chi connectivity index (χ0n) is 45.8. The number of nitrogen functional groups attached to an aromatic ring is 1. The lowest BCUT2D eigenvalue weighted by atomic mass is 10.1. The first-order valence-corrected chi connectivity index (χ1v) is 24.7. The minimum absolute atomic E-state index is 0.186. The smallest absolute Gasteiger partial charge is 0.368 e. The molecule has 12 rings (SSSR count). The number of fused-ring (bicyclic) bond motifs is 3. The van der Waals surface area contributed by atoms with Gasteiger partial charge in [0.25, 0.3) is 0 Å². The van der Waals surface area contributed by atoms with E-state index in [9.17, 15) is 9.18 Å². The molecule has 0 aliphatic carbocycles. The lowest BCUT2D eigenvalue weighted by Gasteiger charge is -2.13. The summed E-state index contributed by atoms with van der Waals surface area (Å²) in [4.78, 5) is 22.6. The van der Waals surface area contributed by atoms with Gasteiger partial charge in [-0.1, -0.05) is 42.5 Å². The highest BCUT2D eigenvalue weighted by Gasteiger charge is 2.08. The van der Waals surface area contributed by atoms with Gasteiger partial charge in [-0.15, -0.1) is 0 Å². The predicted molar refractivity (Wildman–Crippen MR) is 302 cm³/mol. The molecule has 1 unspecified atom stereocenters. The molecule has 1 aliphatic heterocycles. The van der Waals surface area contributed by atoms with Gasteiger partial charge in [-0.3, -0.25) is 0 Å². The van der Waals surface area contributed by atoms with Crippen molar-refractivity contribution in [3.05, 3.63) is 242 Å². The van der Waals surface area contributed by atoms with E-state index >= 15 is 0 Å². The summed E-state index contributed by atoms with van der Waals surface area (Å²) in [5.41, 5.74) is 22.2. The second kappa shape index (κ2) is 28.5. The Labute approximate surface area is 444 Å². The van der Waals surface area contributed by atoms with Gasteiger partial charge in [0.05, 0.1) is 29.3 Å². The molecule has 6 aromatic heterocycles. The highest BCUT2D eigenvalue weighted by atomic mass is 19.1. The van der Waals surface area contributed by atoms with E-state index in [4.69, 9.17) is 14.6 Å². The van der Waals surface area contributed by atoms with Crippen LogP contribution in [0.5, 0.6) is 0 Å². The monoisotopic (exact) mass is 1020 g/mol. The Morgan fingerprint density at radius 1 is 0.632 bits per heavy atom. The molecule has 76 heavy (non-hydrogen) atoms. The number of benzene rings is 5. The van der Waals surface area contributed by atoms with Crippen LogP contribution in [0.15, 0.2) is 177 Å². The number of hydrogen-bond donors (Lipinski definition) is 3. The summed E-state index contributed by atoms with van der Waals surface area (Å²) in [5.74, 6) is 1.84. The molecule has 0 fully saturated rings. The third kappa shape index (κ3) is 18.8. The summed E-state index contributed by atoms with van der Waals surface area (Å²) < 4.78 is 24.8. The van der Waals surface area contributed by atoms with Gasteiger partial charge in [-0.05, 0) is 218 Å². The number of rotatable bonds is 2. The summed E-state index contributed by atoms with van der Waals surface area (Å²) in [6.07, 6.45) is 11.4. The number of nitrogens with two attached hydrogens (primary N) is 1. The van der Waals surface area contributed by atoms with E-state index in [2.05, 4.69) is 98.1 Å². The summed E-state index contributed by atoms with van der Waals surface area (Å²) >= 11 is 0. The normalized spacial score (nSPS) is 11.0. The van der Waals surface area contributed by atoms with Crippen molar-refractivity contribution in [3.8, 4) is 0 Å². The second-order valence-electron chi connectivity index (χ2n) is 18.4. The van der Waals surface area contributed by atoms with Crippen LogP contribution in [-0.2, 0) is 7.05 Å². The number of hydrogen-bond acceptors (Lipinski definition) is 8. The van der Waals surface area contributed by atoms with E-state index in [1.54, 1.807) is 23.4 Å². The van der Waals surface area contributed by atoms with Gasteiger partial charge < -0.3 is 24.1 Å². The van der Waals surface area contributed by atoms with Crippen LogP contribution in [0.25, 0.3) is 22.1 Å². The highest BCUT2D eigenvalue weighted by Crippen LogP contribution is 2.20. The number of amides is 2. The van der Waals surface area contributed by atoms with Crippen molar-refractivity contribution in [2.24, 2.45) is 17.0 Å². The third-order valence-corrected chi connectivity index (χ3v) is 11.6. The van der Waals surface area contributed by atoms with Crippen molar-refractivity contribution in [2.45, 2.75) is 89.1 Å². The van der Waals surface area contributed by atoms with E-state index in [-0.39, 0.29) is 11.9 Å².